The Balaban J connectivity index is 1.76. The summed E-state index contributed by atoms with van der Waals surface area (Å²) in [6.45, 7) is 8.43. The molecule has 0 fully saturated rings. The molecule has 0 amide bonds. The SMILES string of the molecule is CCn1c(C#CCNc2ccc(Cl)cc2)cc2cc(CI(CC)CC)ccc21. The second-order valence-electron chi connectivity index (χ2n) is 6.56. The van der Waals surface area contributed by atoms with Crippen molar-refractivity contribution in [2.24, 2.45) is 0 Å². The second-order valence-corrected chi connectivity index (χ2v) is 14.1. The fourth-order valence-electron chi connectivity index (χ4n) is 3.29. The van der Waals surface area contributed by atoms with Crippen LogP contribution in [0.5, 0.6) is 0 Å². The van der Waals surface area contributed by atoms with Gasteiger partial charge in [-0.05, 0) is 12.1 Å². The first kappa shape index (κ1) is 21.1. The van der Waals surface area contributed by atoms with Gasteiger partial charge in [-0.25, -0.2) is 0 Å². The third-order valence-electron chi connectivity index (χ3n) is 4.82. The Hall–Kier alpha value is -1.64. The number of aromatic nitrogens is 1. The summed E-state index contributed by atoms with van der Waals surface area (Å²) in [5.41, 5.74) is 4.91. The molecule has 28 heavy (non-hydrogen) atoms. The summed E-state index contributed by atoms with van der Waals surface area (Å²) in [5.74, 6) is 6.61. The number of hydrogen-bond donors (Lipinski definition) is 1. The monoisotopic (exact) mass is 506 g/mol. The van der Waals surface area contributed by atoms with E-state index in [1.165, 1.54) is 29.7 Å². The summed E-state index contributed by atoms with van der Waals surface area (Å²) in [7, 11) is 0. The van der Waals surface area contributed by atoms with Crippen LogP contribution in [0.4, 0.5) is 5.69 Å². The fraction of sp³-hybridized carbons (Fsp3) is 0.333. The molecule has 148 valence electrons. The Bertz CT molecular complexity index is 975. The van der Waals surface area contributed by atoms with E-state index >= 15 is 0 Å². The van der Waals surface area contributed by atoms with E-state index in [2.05, 4.69) is 66.8 Å². The molecule has 1 N–H and O–H groups in total. The first-order chi connectivity index (χ1) is 13.6. The van der Waals surface area contributed by atoms with Crippen molar-refractivity contribution in [1.82, 2.24) is 4.57 Å². The molecule has 0 aliphatic heterocycles. The van der Waals surface area contributed by atoms with Crippen LogP contribution < -0.4 is 5.32 Å². The molecular formula is C24H28ClIN2. The molecular weight excluding hydrogens is 479 g/mol. The second kappa shape index (κ2) is 10.2. The topological polar surface area (TPSA) is 17.0 Å². The van der Waals surface area contributed by atoms with Crippen molar-refractivity contribution in [3.05, 3.63) is 64.8 Å². The molecule has 1 heterocycles. The Morgan fingerprint density at radius 1 is 1.00 bits per heavy atom. The van der Waals surface area contributed by atoms with Gasteiger partial charge in [0.2, 0.25) is 0 Å². The van der Waals surface area contributed by atoms with Gasteiger partial charge in [0.05, 0.1) is 0 Å². The van der Waals surface area contributed by atoms with E-state index in [1.54, 1.807) is 0 Å². The molecule has 0 radical (unpaired) electrons. The van der Waals surface area contributed by atoms with Crippen LogP contribution in [-0.2, 0) is 11.0 Å². The van der Waals surface area contributed by atoms with Crippen molar-refractivity contribution >= 4 is 48.0 Å². The van der Waals surface area contributed by atoms with E-state index in [0.29, 0.717) is 6.54 Å². The van der Waals surface area contributed by atoms with Crippen molar-refractivity contribution in [2.45, 2.75) is 31.7 Å². The summed E-state index contributed by atoms with van der Waals surface area (Å²) >= 11 is 5.13. The van der Waals surface area contributed by atoms with Crippen molar-refractivity contribution < 1.29 is 0 Å². The van der Waals surface area contributed by atoms with E-state index in [1.807, 2.05) is 24.3 Å². The average Bonchev–Trinajstić information content (AvgIpc) is 3.07. The summed E-state index contributed by atoms with van der Waals surface area (Å²) in [4.78, 5) is 0. The van der Waals surface area contributed by atoms with Gasteiger partial charge in [-0.15, -0.1) is 0 Å². The molecule has 0 saturated heterocycles. The number of rotatable bonds is 7. The zero-order chi connectivity index (χ0) is 19.9. The van der Waals surface area contributed by atoms with E-state index in [9.17, 15) is 0 Å². The van der Waals surface area contributed by atoms with E-state index in [-0.39, 0.29) is 0 Å². The third kappa shape index (κ3) is 5.24. The Labute approximate surface area is 181 Å². The van der Waals surface area contributed by atoms with Gasteiger partial charge in [0.15, 0.2) is 0 Å². The molecule has 4 heteroatoms. The van der Waals surface area contributed by atoms with Crippen LogP contribution in [0.25, 0.3) is 10.9 Å². The number of alkyl halides is 3. The fourth-order valence-corrected chi connectivity index (χ4v) is 7.30. The van der Waals surface area contributed by atoms with Gasteiger partial charge in [-0.2, -0.15) is 0 Å². The van der Waals surface area contributed by atoms with Crippen LogP contribution in [0.1, 0.15) is 32.0 Å². The van der Waals surface area contributed by atoms with Gasteiger partial charge in [-0.3, -0.25) is 0 Å². The molecule has 3 rings (SSSR count). The number of nitrogens with zero attached hydrogens (tertiary/aromatic N) is 1. The number of benzene rings is 2. The summed E-state index contributed by atoms with van der Waals surface area (Å²) in [6.07, 6.45) is 0. The van der Waals surface area contributed by atoms with Gasteiger partial charge in [0.25, 0.3) is 0 Å². The number of fused-ring (bicyclic) bond motifs is 1. The number of hydrogen-bond acceptors (Lipinski definition) is 1. The quantitative estimate of drug-likeness (QED) is 0.211. The summed E-state index contributed by atoms with van der Waals surface area (Å²) in [5, 5.41) is 5.38. The Morgan fingerprint density at radius 2 is 1.75 bits per heavy atom. The number of anilines is 1. The van der Waals surface area contributed by atoms with Crippen molar-refractivity contribution in [2.75, 3.05) is 20.7 Å². The average molecular weight is 507 g/mol. The van der Waals surface area contributed by atoms with Crippen LogP contribution in [0.3, 0.4) is 0 Å². The third-order valence-corrected chi connectivity index (χ3v) is 11.3. The van der Waals surface area contributed by atoms with Crippen LogP contribution >= 0.6 is 31.4 Å². The van der Waals surface area contributed by atoms with Gasteiger partial charge < -0.3 is 0 Å². The molecule has 3 aromatic rings. The molecule has 2 aromatic carbocycles. The normalized spacial score (nSPS) is 11.2. The first-order valence-electron chi connectivity index (χ1n) is 9.82. The van der Waals surface area contributed by atoms with E-state index < -0.39 is 19.8 Å². The van der Waals surface area contributed by atoms with Crippen LogP contribution in [0.2, 0.25) is 5.02 Å². The molecule has 0 bridgehead atoms. The van der Waals surface area contributed by atoms with Crippen molar-refractivity contribution in [3.63, 3.8) is 0 Å². The molecule has 1 aromatic heterocycles. The minimum absolute atomic E-state index is 0.610. The number of nitrogens with one attached hydrogen (secondary N) is 1. The van der Waals surface area contributed by atoms with Gasteiger partial charge in [0.1, 0.15) is 0 Å². The first-order valence-corrected chi connectivity index (χ1v) is 14.8. The number of aryl methyl sites for hydroxylation is 1. The predicted molar refractivity (Wildman–Crippen MR) is 133 cm³/mol. The summed E-state index contributed by atoms with van der Waals surface area (Å²) < 4.78 is 6.41. The zero-order valence-corrected chi connectivity index (χ0v) is 19.8. The van der Waals surface area contributed by atoms with E-state index in [4.69, 9.17) is 11.6 Å². The standard InChI is InChI=1S/C24H28ClIN2/c1-4-26(5-2)18-19-9-14-24-20(16-19)17-23(28(24)6-3)8-7-15-27-22-12-10-21(25)11-13-22/h9-14,16-17,27H,4-6,15,18H2,1-3H3. The van der Waals surface area contributed by atoms with Crippen molar-refractivity contribution in [1.29, 1.82) is 0 Å². The van der Waals surface area contributed by atoms with E-state index in [0.717, 1.165) is 22.9 Å². The van der Waals surface area contributed by atoms with Crippen LogP contribution in [-0.4, -0.2) is 20.0 Å². The van der Waals surface area contributed by atoms with Crippen LogP contribution in [0.15, 0.2) is 48.5 Å². The predicted octanol–water partition coefficient (Wildman–Crippen LogP) is 6.82. The molecule has 0 aliphatic carbocycles. The van der Waals surface area contributed by atoms with Crippen LogP contribution in [0, 0.1) is 11.8 Å². The van der Waals surface area contributed by atoms with Crippen molar-refractivity contribution in [3.8, 4) is 11.8 Å². The maximum atomic E-state index is 5.92. The number of halogens is 2. The molecule has 0 saturated carbocycles. The molecule has 0 spiro atoms. The maximum absolute atomic E-state index is 5.92. The summed E-state index contributed by atoms with van der Waals surface area (Å²) in [6, 6.07) is 16.9. The minimum atomic E-state index is -0.797. The van der Waals surface area contributed by atoms with Gasteiger partial charge >= 0.3 is 153 Å². The Kier molecular flexibility index (Phi) is 7.70. The molecule has 2 nitrogen and oxygen atoms in total. The van der Waals surface area contributed by atoms with Gasteiger partial charge in [-0.1, -0.05) is 11.6 Å². The Morgan fingerprint density at radius 3 is 2.43 bits per heavy atom. The molecule has 0 unspecified atom stereocenters. The zero-order valence-electron chi connectivity index (χ0n) is 16.9. The molecule has 0 aliphatic rings. The van der Waals surface area contributed by atoms with Gasteiger partial charge in [0, 0.05) is 5.02 Å². The molecule has 0 atom stereocenters.